The lowest BCUT2D eigenvalue weighted by Gasteiger charge is -2.14. The third kappa shape index (κ3) is 2.52. The van der Waals surface area contributed by atoms with Crippen molar-refractivity contribution in [3.05, 3.63) is 69.0 Å². The van der Waals surface area contributed by atoms with Crippen LogP contribution in [-0.4, -0.2) is 12.1 Å². The highest BCUT2D eigenvalue weighted by atomic mass is 35.5. The van der Waals surface area contributed by atoms with E-state index in [1.165, 1.54) is 15.4 Å². The van der Waals surface area contributed by atoms with E-state index in [1.54, 1.807) is 18.4 Å². The minimum atomic E-state index is 0.0124. The third-order valence-corrected chi connectivity index (χ3v) is 6.21. The Hall–Kier alpha value is -1.84. The Morgan fingerprint density at radius 3 is 2.42 bits per heavy atom. The average Bonchev–Trinajstić information content (AvgIpc) is 3.32. The number of benzene rings is 2. The third-order valence-electron chi connectivity index (χ3n) is 4.71. The van der Waals surface area contributed by atoms with Gasteiger partial charge in [-0.05, 0) is 55.7 Å². The monoisotopic (exact) mass is 355 g/mol. The number of hydrogen-bond acceptors (Lipinski definition) is 3. The van der Waals surface area contributed by atoms with Crippen molar-refractivity contribution >= 4 is 22.9 Å². The van der Waals surface area contributed by atoms with Crippen LogP contribution in [0, 0.1) is 6.92 Å². The lowest BCUT2D eigenvalue weighted by molar-refractivity contribution is 0.415. The molecule has 0 spiro atoms. The molecule has 0 amide bonds. The number of methoxy groups -OCH3 is 1. The van der Waals surface area contributed by atoms with Crippen LogP contribution in [0.5, 0.6) is 5.75 Å². The zero-order valence-corrected chi connectivity index (χ0v) is 15.2. The first-order valence-electron chi connectivity index (χ1n) is 8.01. The van der Waals surface area contributed by atoms with Gasteiger partial charge in [-0.25, -0.2) is 4.98 Å². The van der Waals surface area contributed by atoms with E-state index in [0.717, 1.165) is 34.9 Å². The zero-order chi connectivity index (χ0) is 16.7. The number of aryl methyl sites for hydroxylation is 1. The van der Waals surface area contributed by atoms with Gasteiger partial charge >= 0.3 is 0 Å². The van der Waals surface area contributed by atoms with Crippen LogP contribution in [0.1, 0.15) is 28.3 Å². The van der Waals surface area contributed by atoms with Gasteiger partial charge in [0.2, 0.25) is 0 Å². The van der Waals surface area contributed by atoms with Gasteiger partial charge in [-0.2, -0.15) is 0 Å². The van der Waals surface area contributed by atoms with E-state index in [0.29, 0.717) is 0 Å². The van der Waals surface area contributed by atoms with E-state index >= 15 is 0 Å². The summed E-state index contributed by atoms with van der Waals surface area (Å²) in [7, 11) is 1.68. The Kier molecular flexibility index (Phi) is 3.86. The highest BCUT2D eigenvalue weighted by molar-refractivity contribution is 7.12. The first-order valence-corrected chi connectivity index (χ1v) is 9.21. The molecule has 1 aromatic heterocycles. The smallest absolute Gasteiger partial charge is 0.118 e. The van der Waals surface area contributed by atoms with Gasteiger partial charge < -0.3 is 4.74 Å². The van der Waals surface area contributed by atoms with E-state index in [-0.39, 0.29) is 5.41 Å². The Morgan fingerprint density at radius 2 is 1.79 bits per heavy atom. The number of rotatable bonds is 4. The zero-order valence-electron chi connectivity index (χ0n) is 13.7. The van der Waals surface area contributed by atoms with Gasteiger partial charge in [0, 0.05) is 20.9 Å². The molecule has 0 bridgehead atoms. The molecule has 3 aromatic rings. The molecule has 0 radical (unpaired) electrons. The van der Waals surface area contributed by atoms with E-state index in [9.17, 15) is 0 Å². The summed E-state index contributed by atoms with van der Waals surface area (Å²) in [4.78, 5) is 6.25. The van der Waals surface area contributed by atoms with E-state index < -0.39 is 0 Å². The average molecular weight is 356 g/mol. The van der Waals surface area contributed by atoms with Crippen molar-refractivity contribution in [2.75, 3.05) is 7.11 Å². The second-order valence-corrected chi connectivity index (χ2v) is 7.82. The molecule has 1 aliphatic rings. The van der Waals surface area contributed by atoms with Crippen LogP contribution in [0.3, 0.4) is 0 Å². The summed E-state index contributed by atoms with van der Waals surface area (Å²) in [6.45, 7) is 2.14. The molecule has 2 aromatic carbocycles. The van der Waals surface area contributed by atoms with Crippen molar-refractivity contribution in [2.24, 2.45) is 0 Å². The Morgan fingerprint density at radius 1 is 1.08 bits per heavy atom. The van der Waals surface area contributed by atoms with Crippen LogP contribution in [0.25, 0.3) is 11.3 Å². The molecule has 4 rings (SSSR count). The summed E-state index contributed by atoms with van der Waals surface area (Å²) in [5, 5.41) is 2.02. The van der Waals surface area contributed by atoms with Gasteiger partial charge in [0.15, 0.2) is 0 Å². The van der Waals surface area contributed by atoms with Crippen LogP contribution >= 0.6 is 22.9 Å². The fourth-order valence-corrected chi connectivity index (χ4v) is 4.70. The maximum Gasteiger partial charge on any atom is 0.118 e. The normalized spacial score (nSPS) is 15.3. The SMILES string of the molecule is COc1ccc(-c2nc(C3(c4ccccc4Cl)CC3)sc2C)cc1. The van der Waals surface area contributed by atoms with Crippen LogP contribution in [-0.2, 0) is 5.41 Å². The van der Waals surface area contributed by atoms with Crippen molar-refractivity contribution in [3.8, 4) is 17.0 Å². The quantitative estimate of drug-likeness (QED) is 0.584. The van der Waals surface area contributed by atoms with Crippen LogP contribution in [0.4, 0.5) is 0 Å². The molecule has 0 unspecified atom stereocenters. The van der Waals surface area contributed by atoms with Crippen molar-refractivity contribution in [3.63, 3.8) is 0 Å². The Balaban J connectivity index is 1.75. The van der Waals surface area contributed by atoms with E-state index in [1.807, 2.05) is 24.3 Å². The van der Waals surface area contributed by atoms with Gasteiger partial charge in [-0.15, -0.1) is 11.3 Å². The summed E-state index contributed by atoms with van der Waals surface area (Å²) < 4.78 is 5.24. The number of hydrogen-bond donors (Lipinski definition) is 0. The van der Waals surface area contributed by atoms with Crippen LogP contribution < -0.4 is 4.74 Å². The number of ether oxygens (including phenoxy) is 1. The fourth-order valence-electron chi connectivity index (χ4n) is 3.19. The second kappa shape index (κ2) is 5.91. The van der Waals surface area contributed by atoms with Crippen LogP contribution in [0.15, 0.2) is 48.5 Å². The van der Waals surface area contributed by atoms with Crippen molar-refractivity contribution < 1.29 is 4.74 Å². The largest absolute Gasteiger partial charge is 0.497 e. The molecule has 0 N–H and O–H groups in total. The molecule has 4 heteroatoms. The molecule has 1 fully saturated rings. The van der Waals surface area contributed by atoms with Gasteiger partial charge in [-0.1, -0.05) is 29.8 Å². The van der Waals surface area contributed by atoms with Crippen molar-refractivity contribution in [1.82, 2.24) is 4.98 Å². The van der Waals surface area contributed by atoms with Gasteiger partial charge in [-0.3, -0.25) is 0 Å². The maximum absolute atomic E-state index is 6.46. The Bertz CT molecular complexity index is 881. The molecule has 2 nitrogen and oxygen atoms in total. The summed E-state index contributed by atoms with van der Waals surface area (Å²) in [6.07, 6.45) is 2.23. The highest BCUT2D eigenvalue weighted by Gasteiger charge is 2.49. The highest BCUT2D eigenvalue weighted by Crippen LogP contribution is 2.56. The minimum absolute atomic E-state index is 0.0124. The predicted molar refractivity (Wildman–Crippen MR) is 100 cm³/mol. The van der Waals surface area contributed by atoms with Gasteiger partial charge in [0.25, 0.3) is 0 Å². The fraction of sp³-hybridized carbons (Fsp3) is 0.250. The molecule has 122 valence electrons. The Labute approximate surface area is 151 Å². The summed E-state index contributed by atoms with van der Waals surface area (Å²) in [6, 6.07) is 16.3. The molecule has 24 heavy (non-hydrogen) atoms. The maximum atomic E-state index is 6.46. The second-order valence-electron chi connectivity index (χ2n) is 6.21. The molecule has 0 atom stereocenters. The first-order chi connectivity index (χ1) is 11.6. The lowest BCUT2D eigenvalue weighted by atomic mass is 9.96. The molecule has 1 saturated carbocycles. The number of halogens is 1. The van der Waals surface area contributed by atoms with Gasteiger partial charge in [0.05, 0.1) is 12.8 Å². The summed E-state index contributed by atoms with van der Waals surface area (Å²) in [5.41, 5.74) is 3.42. The minimum Gasteiger partial charge on any atom is -0.497 e. The molecule has 0 aliphatic heterocycles. The van der Waals surface area contributed by atoms with E-state index in [4.69, 9.17) is 21.3 Å². The van der Waals surface area contributed by atoms with Gasteiger partial charge in [0.1, 0.15) is 10.8 Å². The van der Waals surface area contributed by atoms with Crippen molar-refractivity contribution in [2.45, 2.75) is 25.2 Å². The standard InChI is InChI=1S/C20H18ClNOS/c1-13-18(14-7-9-15(23-2)10-8-14)22-19(24-13)20(11-12-20)16-5-3-4-6-17(16)21/h3-10H,11-12H2,1-2H3. The lowest BCUT2D eigenvalue weighted by Crippen LogP contribution is -2.08. The molecule has 1 heterocycles. The number of aromatic nitrogens is 1. The van der Waals surface area contributed by atoms with E-state index in [2.05, 4.69) is 31.2 Å². The molecule has 0 saturated heterocycles. The predicted octanol–water partition coefficient (Wildman–Crippen LogP) is 5.86. The van der Waals surface area contributed by atoms with Crippen molar-refractivity contribution in [1.29, 1.82) is 0 Å². The number of thiazole rings is 1. The summed E-state index contributed by atoms with van der Waals surface area (Å²) in [5.74, 6) is 0.863. The molecular formula is C20H18ClNOS. The summed E-state index contributed by atoms with van der Waals surface area (Å²) >= 11 is 8.25. The molecule has 1 aliphatic carbocycles. The first kappa shape index (κ1) is 15.7. The number of nitrogens with zero attached hydrogens (tertiary/aromatic N) is 1. The van der Waals surface area contributed by atoms with Crippen LogP contribution in [0.2, 0.25) is 5.02 Å². The topological polar surface area (TPSA) is 22.1 Å². The molecular weight excluding hydrogens is 338 g/mol.